The first-order chi connectivity index (χ1) is 11.9. The van der Waals surface area contributed by atoms with Gasteiger partial charge in [-0.3, -0.25) is 4.79 Å². The highest BCUT2D eigenvalue weighted by Gasteiger charge is 2.30. The molecule has 0 aliphatic carbocycles. The van der Waals surface area contributed by atoms with Gasteiger partial charge >= 0.3 is 6.18 Å². The van der Waals surface area contributed by atoms with Gasteiger partial charge in [0.25, 0.3) is 0 Å². The second-order valence-corrected chi connectivity index (χ2v) is 5.12. The van der Waals surface area contributed by atoms with Crippen LogP contribution in [0.3, 0.4) is 0 Å². The standard InChI is InChI=1S/C19H17F3O3/c1-3-8-25-18-16(9-13(12-23)10-17(18)24-4-2)14-6-5-7-15(11-14)19(20,21)22/h3,5-7,9-12H,1,4,8H2,2H3. The predicted octanol–water partition coefficient (Wildman–Crippen LogP) is 5.15. The lowest BCUT2D eigenvalue weighted by Crippen LogP contribution is -2.05. The lowest BCUT2D eigenvalue weighted by atomic mass is 9.99. The number of benzene rings is 2. The van der Waals surface area contributed by atoms with Gasteiger partial charge in [-0.1, -0.05) is 24.8 Å². The number of aldehydes is 1. The van der Waals surface area contributed by atoms with Crippen molar-refractivity contribution in [2.45, 2.75) is 13.1 Å². The molecule has 2 rings (SSSR count). The Bertz CT molecular complexity index is 767. The molecule has 0 amide bonds. The normalized spacial score (nSPS) is 11.0. The summed E-state index contributed by atoms with van der Waals surface area (Å²) < 4.78 is 50.1. The number of halogens is 3. The average molecular weight is 350 g/mol. The van der Waals surface area contributed by atoms with Crippen molar-refractivity contribution < 1.29 is 27.4 Å². The van der Waals surface area contributed by atoms with Crippen molar-refractivity contribution in [1.82, 2.24) is 0 Å². The SMILES string of the molecule is C=CCOc1c(OCC)cc(C=O)cc1-c1cccc(C(F)(F)F)c1. The van der Waals surface area contributed by atoms with Crippen LogP contribution in [0.2, 0.25) is 0 Å². The summed E-state index contributed by atoms with van der Waals surface area (Å²) in [5, 5.41) is 0. The van der Waals surface area contributed by atoms with Crippen LogP contribution in [0.1, 0.15) is 22.8 Å². The van der Waals surface area contributed by atoms with Crippen LogP contribution < -0.4 is 9.47 Å². The second kappa shape index (κ2) is 7.88. The summed E-state index contributed by atoms with van der Waals surface area (Å²) in [5.41, 5.74) is 0.121. The minimum atomic E-state index is -4.47. The Hall–Kier alpha value is -2.76. The van der Waals surface area contributed by atoms with Gasteiger partial charge in [-0.25, -0.2) is 0 Å². The number of hydrogen-bond acceptors (Lipinski definition) is 3. The zero-order chi connectivity index (χ0) is 18.4. The highest BCUT2D eigenvalue weighted by molar-refractivity contribution is 5.84. The van der Waals surface area contributed by atoms with Crippen molar-refractivity contribution in [3.8, 4) is 22.6 Å². The summed E-state index contributed by atoms with van der Waals surface area (Å²) in [7, 11) is 0. The van der Waals surface area contributed by atoms with Gasteiger partial charge in [0.15, 0.2) is 11.5 Å². The van der Waals surface area contributed by atoms with Crippen LogP contribution in [0.25, 0.3) is 11.1 Å². The van der Waals surface area contributed by atoms with Crippen LogP contribution in [0, 0.1) is 0 Å². The summed E-state index contributed by atoms with van der Waals surface area (Å²) in [6, 6.07) is 7.80. The van der Waals surface area contributed by atoms with E-state index in [-0.39, 0.29) is 23.5 Å². The monoisotopic (exact) mass is 350 g/mol. The van der Waals surface area contributed by atoms with Crippen LogP contribution >= 0.6 is 0 Å². The molecule has 3 nitrogen and oxygen atoms in total. The number of hydrogen-bond donors (Lipinski definition) is 0. The Balaban J connectivity index is 2.67. The summed E-state index contributed by atoms with van der Waals surface area (Å²) in [6.07, 6.45) is -2.35. The fraction of sp³-hybridized carbons (Fsp3) is 0.211. The number of rotatable bonds is 7. The van der Waals surface area contributed by atoms with E-state index < -0.39 is 11.7 Å². The molecule has 0 N–H and O–H groups in total. The zero-order valence-corrected chi connectivity index (χ0v) is 13.6. The van der Waals surface area contributed by atoms with E-state index in [1.807, 2.05) is 0 Å². The van der Waals surface area contributed by atoms with Crippen LogP contribution in [-0.2, 0) is 6.18 Å². The van der Waals surface area contributed by atoms with Crippen molar-refractivity contribution in [3.63, 3.8) is 0 Å². The molecule has 132 valence electrons. The molecule has 0 saturated carbocycles. The minimum Gasteiger partial charge on any atom is -0.490 e. The van der Waals surface area contributed by atoms with E-state index in [0.29, 0.717) is 24.2 Å². The molecular weight excluding hydrogens is 333 g/mol. The number of ether oxygens (including phenoxy) is 2. The van der Waals surface area contributed by atoms with Crippen molar-refractivity contribution in [1.29, 1.82) is 0 Å². The summed E-state index contributed by atoms with van der Waals surface area (Å²) in [6.45, 7) is 5.78. The molecule has 0 bridgehead atoms. The molecular formula is C19H17F3O3. The third-order valence-electron chi connectivity index (χ3n) is 3.36. The quantitative estimate of drug-likeness (QED) is 0.512. The summed E-state index contributed by atoms with van der Waals surface area (Å²) >= 11 is 0. The number of alkyl halides is 3. The second-order valence-electron chi connectivity index (χ2n) is 5.12. The van der Waals surface area contributed by atoms with E-state index in [1.165, 1.54) is 30.3 Å². The van der Waals surface area contributed by atoms with E-state index in [4.69, 9.17) is 9.47 Å². The third kappa shape index (κ3) is 4.41. The van der Waals surface area contributed by atoms with Gasteiger partial charge in [-0.15, -0.1) is 0 Å². The fourth-order valence-electron chi connectivity index (χ4n) is 2.32. The first kappa shape index (κ1) is 18.6. The molecule has 0 heterocycles. The van der Waals surface area contributed by atoms with E-state index in [9.17, 15) is 18.0 Å². The highest BCUT2D eigenvalue weighted by atomic mass is 19.4. The maximum atomic E-state index is 13.0. The predicted molar refractivity (Wildman–Crippen MR) is 89.1 cm³/mol. The molecule has 0 aromatic heterocycles. The van der Waals surface area contributed by atoms with E-state index >= 15 is 0 Å². The first-order valence-corrected chi connectivity index (χ1v) is 7.58. The third-order valence-corrected chi connectivity index (χ3v) is 3.36. The molecule has 0 radical (unpaired) electrons. The Morgan fingerprint density at radius 2 is 1.92 bits per heavy atom. The first-order valence-electron chi connectivity index (χ1n) is 7.58. The molecule has 0 fully saturated rings. The number of carbonyl (C=O) groups excluding carboxylic acids is 1. The molecule has 0 aliphatic heterocycles. The highest BCUT2D eigenvalue weighted by Crippen LogP contribution is 2.41. The maximum Gasteiger partial charge on any atom is 0.416 e. The average Bonchev–Trinajstić information content (AvgIpc) is 2.59. The van der Waals surface area contributed by atoms with E-state index in [2.05, 4.69) is 6.58 Å². The Kier molecular flexibility index (Phi) is 5.85. The molecule has 2 aromatic carbocycles. The van der Waals surface area contributed by atoms with E-state index in [1.54, 1.807) is 6.92 Å². The van der Waals surface area contributed by atoms with Crippen molar-refractivity contribution in [3.05, 3.63) is 60.2 Å². The summed E-state index contributed by atoms with van der Waals surface area (Å²) in [4.78, 5) is 11.2. The Morgan fingerprint density at radius 1 is 1.16 bits per heavy atom. The molecule has 0 unspecified atom stereocenters. The van der Waals surface area contributed by atoms with Gasteiger partial charge in [0.05, 0.1) is 12.2 Å². The van der Waals surface area contributed by atoms with Crippen LogP contribution in [-0.4, -0.2) is 19.5 Å². The van der Waals surface area contributed by atoms with Gasteiger partial charge < -0.3 is 9.47 Å². The van der Waals surface area contributed by atoms with E-state index in [0.717, 1.165) is 12.1 Å². The molecule has 0 aliphatic rings. The minimum absolute atomic E-state index is 0.145. The topological polar surface area (TPSA) is 35.5 Å². The number of carbonyl (C=O) groups is 1. The van der Waals surface area contributed by atoms with Crippen molar-refractivity contribution in [2.24, 2.45) is 0 Å². The zero-order valence-electron chi connectivity index (χ0n) is 13.6. The van der Waals surface area contributed by atoms with Crippen LogP contribution in [0.15, 0.2) is 49.1 Å². The molecule has 2 aromatic rings. The van der Waals surface area contributed by atoms with Gasteiger partial charge in [0.1, 0.15) is 12.9 Å². The molecule has 25 heavy (non-hydrogen) atoms. The van der Waals surface area contributed by atoms with Crippen molar-refractivity contribution >= 4 is 6.29 Å². The Labute approximate surface area is 143 Å². The smallest absolute Gasteiger partial charge is 0.416 e. The molecule has 6 heteroatoms. The largest absolute Gasteiger partial charge is 0.490 e. The molecule has 0 saturated heterocycles. The lowest BCUT2D eigenvalue weighted by Gasteiger charge is -2.17. The Morgan fingerprint density at radius 3 is 2.52 bits per heavy atom. The fourth-order valence-corrected chi connectivity index (χ4v) is 2.32. The van der Waals surface area contributed by atoms with Crippen molar-refractivity contribution in [2.75, 3.05) is 13.2 Å². The van der Waals surface area contributed by atoms with Gasteiger partial charge in [-0.2, -0.15) is 13.2 Å². The van der Waals surface area contributed by atoms with Gasteiger partial charge in [0, 0.05) is 11.1 Å². The van der Waals surface area contributed by atoms with Gasteiger partial charge in [0.2, 0.25) is 0 Å². The van der Waals surface area contributed by atoms with Crippen LogP contribution in [0.4, 0.5) is 13.2 Å². The maximum absolute atomic E-state index is 13.0. The molecule has 0 atom stereocenters. The lowest BCUT2D eigenvalue weighted by molar-refractivity contribution is -0.137. The van der Waals surface area contributed by atoms with Gasteiger partial charge in [-0.05, 0) is 36.8 Å². The summed E-state index contributed by atoms with van der Waals surface area (Å²) in [5.74, 6) is 0.563. The molecule has 0 spiro atoms. The van der Waals surface area contributed by atoms with Crippen LogP contribution in [0.5, 0.6) is 11.5 Å².